The van der Waals surface area contributed by atoms with Gasteiger partial charge in [-0.1, -0.05) is 19.9 Å². The van der Waals surface area contributed by atoms with Crippen LogP contribution >= 0.6 is 0 Å². The monoisotopic (exact) mass is 391 g/mol. The topological polar surface area (TPSA) is 121 Å². The second-order valence-electron chi connectivity index (χ2n) is 7.34. The van der Waals surface area contributed by atoms with E-state index in [9.17, 15) is 24.5 Å². The van der Waals surface area contributed by atoms with Crippen LogP contribution in [0.15, 0.2) is 18.2 Å². The molecule has 2 rings (SSSR count). The molecule has 1 aromatic rings. The van der Waals surface area contributed by atoms with Gasteiger partial charge in [0.05, 0.1) is 17.4 Å². The minimum Gasteiger partial charge on any atom is -0.481 e. The van der Waals surface area contributed by atoms with Gasteiger partial charge in [-0.2, -0.15) is 0 Å². The number of likely N-dealkylation sites (tertiary alicyclic amines) is 1. The Bertz CT molecular complexity index is 784. The number of hydrogen-bond acceptors (Lipinski definition) is 5. The Balaban J connectivity index is 2.04. The molecule has 0 bridgehead atoms. The minimum atomic E-state index is -0.856. The lowest BCUT2D eigenvalue weighted by Gasteiger charge is -2.31. The second kappa shape index (κ2) is 8.81. The number of piperidine rings is 1. The molecule has 0 unspecified atom stereocenters. The average Bonchev–Trinajstić information content (AvgIpc) is 2.66. The standard InChI is InChI=1S/C19H25N3O6/c1-12(2)15-5-4-14(10-16(15)22(27)28)18(24)20(3)11-17(23)21-8-6-13(7-9-21)19(25)26/h4-5,10,12-13H,6-9,11H2,1-3H3,(H,25,26). The lowest BCUT2D eigenvalue weighted by Crippen LogP contribution is -2.45. The van der Waals surface area contributed by atoms with Crippen molar-refractivity contribution < 1.29 is 24.4 Å². The van der Waals surface area contributed by atoms with Crippen LogP contribution in [-0.2, 0) is 9.59 Å². The van der Waals surface area contributed by atoms with Crippen LogP contribution in [-0.4, -0.2) is 64.3 Å². The van der Waals surface area contributed by atoms with Gasteiger partial charge < -0.3 is 14.9 Å². The zero-order valence-corrected chi connectivity index (χ0v) is 16.3. The van der Waals surface area contributed by atoms with Gasteiger partial charge in [0.1, 0.15) is 0 Å². The maximum absolute atomic E-state index is 12.6. The van der Waals surface area contributed by atoms with Gasteiger partial charge in [-0.3, -0.25) is 24.5 Å². The van der Waals surface area contributed by atoms with E-state index in [4.69, 9.17) is 5.11 Å². The Morgan fingerprint density at radius 2 is 1.89 bits per heavy atom. The number of amides is 2. The van der Waals surface area contributed by atoms with Crippen LogP contribution in [0.25, 0.3) is 0 Å². The van der Waals surface area contributed by atoms with Crippen LogP contribution in [0, 0.1) is 16.0 Å². The smallest absolute Gasteiger partial charge is 0.306 e. The van der Waals surface area contributed by atoms with Crippen LogP contribution in [0.2, 0.25) is 0 Å². The first-order chi connectivity index (χ1) is 13.1. The Hall–Kier alpha value is -2.97. The van der Waals surface area contributed by atoms with Crippen molar-refractivity contribution >= 4 is 23.5 Å². The van der Waals surface area contributed by atoms with E-state index in [1.165, 1.54) is 24.1 Å². The van der Waals surface area contributed by atoms with Crippen molar-refractivity contribution in [1.29, 1.82) is 0 Å². The number of benzene rings is 1. The quantitative estimate of drug-likeness (QED) is 0.586. The highest BCUT2D eigenvalue weighted by atomic mass is 16.6. The molecule has 1 aliphatic heterocycles. The summed E-state index contributed by atoms with van der Waals surface area (Å²) in [5, 5.41) is 20.3. The summed E-state index contributed by atoms with van der Waals surface area (Å²) in [6.45, 7) is 4.18. The summed E-state index contributed by atoms with van der Waals surface area (Å²) in [5.41, 5.74) is 0.578. The molecule has 1 heterocycles. The molecule has 1 aliphatic rings. The molecule has 0 radical (unpaired) electrons. The first kappa shape index (κ1) is 21.3. The number of rotatable bonds is 6. The van der Waals surface area contributed by atoms with Gasteiger partial charge in [0.2, 0.25) is 5.91 Å². The van der Waals surface area contributed by atoms with E-state index in [1.54, 1.807) is 11.0 Å². The predicted octanol–water partition coefficient (Wildman–Crippen LogP) is 2.11. The van der Waals surface area contributed by atoms with Gasteiger partial charge in [0, 0.05) is 37.3 Å². The summed E-state index contributed by atoms with van der Waals surface area (Å²) in [4.78, 5) is 49.6. The number of carboxylic acid groups (broad SMARTS) is 1. The van der Waals surface area contributed by atoms with Crippen LogP contribution in [0.3, 0.4) is 0 Å². The zero-order valence-electron chi connectivity index (χ0n) is 16.3. The number of carbonyl (C=O) groups is 3. The summed E-state index contributed by atoms with van der Waals surface area (Å²) in [6, 6.07) is 4.35. The normalized spacial score (nSPS) is 14.8. The number of aliphatic carboxylic acids is 1. The van der Waals surface area contributed by atoms with E-state index in [0.717, 1.165) is 0 Å². The van der Waals surface area contributed by atoms with E-state index in [1.807, 2.05) is 13.8 Å². The predicted molar refractivity (Wildman–Crippen MR) is 101 cm³/mol. The van der Waals surface area contributed by atoms with Crippen LogP contribution < -0.4 is 0 Å². The van der Waals surface area contributed by atoms with E-state index < -0.39 is 22.7 Å². The second-order valence-corrected chi connectivity index (χ2v) is 7.34. The molecule has 0 saturated carbocycles. The van der Waals surface area contributed by atoms with Gasteiger partial charge in [-0.05, 0) is 24.8 Å². The molecule has 28 heavy (non-hydrogen) atoms. The highest BCUT2D eigenvalue weighted by Crippen LogP contribution is 2.27. The fourth-order valence-electron chi connectivity index (χ4n) is 3.29. The molecule has 9 heteroatoms. The summed E-state index contributed by atoms with van der Waals surface area (Å²) < 4.78 is 0. The van der Waals surface area contributed by atoms with E-state index in [0.29, 0.717) is 31.5 Å². The molecule has 1 aromatic carbocycles. The first-order valence-electron chi connectivity index (χ1n) is 9.16. The first-order valence-corrected chi connectivity index (χ1v) is 9.16. The number of nitro benzene ring substituents is 1. The molecule has 152 valence electrons. The number of hydrogen-bond donors (Lipinski definition) is 1. The molecule has 1 saturated heterocycles. The summed E-state index contributed by atoms with van der Waals surface area (Å²) in [5.74, 6) is -2.10. The van der Waals surface area contributed by atoms with Gasteiger partial charge in [-0.15, -0.1) is 0 Å². The maximum atomic E-state index is 12.6. The molecule has 2 amide bonds. The van der Waals surface area contributed by atoms with Crippen molar-refractivity contribution in [3.8, 4) is 0 Å². The third-order valence-corrected chi connectivity index (χ3v) is 5.01. The SMILES string of the molecule is CC(C)c1ccc(C(=O)N(C)CC(=O)N2CCC(C(=O)O)CC2)cc1[N+](=O)[O-]. The Morgan fingerprint density at radius 1 is 1.29 bits per heavy atom. The van der Waals surface area contributed by atoms with Crippen molar-refractivity contribution in [3.05, 3.63) is 39.4 Å². The maximum Gasteiger partial charge on any atom is 0.306 e. The number of nitro groups is 1. The van der Waals surface area contributed by atoms with Gasteiger partial charge in [0.15, 0.2) is 0 Å². The van der Waals surface area contributed by atoms with Gasteiger partial charge in [0.25, 0.3) is 11.6 Å². The number of carboxylic acids is 1. The Kier molecular flexibility index (Phi) is 6.71. The molecule has 0 aromatic heterocycles. The third kappa shape index (κ3) is 4.85. The van der Waals surface area contributed by atoms with Crippen LogP contribution in [0.1, 0.15) is 48.5 Å². The summed E-state index contributed by atoms with van der Waals surface area (Å²) >= 11 is 0. The van der Waals surface area contributed by atoms with Crippen molar-refractivity contribution in [3.63, 3.8) is 0 Å². The molecular weight excluding hydrogens is 366 g/mol. The molecule has 0 aliphatic carbocycles. The van der Waals surface area contributed by atoms with Crippen molar-refractivity contribution in [1.82, 2.24) is 9.80 Å². The van der Waals surface area contributed by atoms with E-state index >= 15 is 0 Å². The van der Waals surface area contributed by atoms with E-state index in [-0.39, 0.29) is 29.6 Å². The zero-order chi connectivity index (χ0) is 21.0. The largest absolute Gasteiger partial charge is 0.481 e. The van der Waals surface area contributed by atoms with Crippen molar-refractivity contribution in [2.75, 3.05) is 26.7 Å². The van der Waals surface area contributed by atoms with Crippen LogP contribution in [0.5, 0.6) is 0 Å². The van der Waals surface area contributed by atoms with Crippen molar-refractivity contribution in [2.45, 2.75) is 32.6 Å². The summed E-state index contributed by atoms with van der Waals surface area (Å²) in [6.07, 6.45) is 0.781. The van der Waals surface area contributed by atoms with E-state index in [2.05, 4.69) is 0 Å². The van der Waals surface area contributed by atoms with Gasteiger partial charge >= 0.3 is 5.97 Å². The Morgan fingerprint density at radius 3 is 2.39 bits per heavy atom. The number of carbonyl (C=O) groups excluding carboxylic acids is 2. The Labute approximate surface area is 163 Å². The number of likely N-dealkylation sites (N-methyl/N-ethyl adjacent to an activating group) is 1. The molecular formula is C19H25N3O6. The average molecular weight is 391 g/mol. The lowest BCUT2D eigenvalue weighted by molar-refractivity contribution is -0.385. The van der Waals surface area contributed by atoms with Gasteiger partial charge in [-0.25, -0.2) is 0 Å². The number of nitrogens with zero attached hydrogens (tertiary/aromatic N) is 3. The molecule has 0 atom stereocenters. The fraction of sp³-hybridized carbons (Fsp3) is 0.526. The van der Waals surface area contributed by atoms with Crippen LogP contribution in [0.4, 0.5) is 5.69 Å². The highest BCUT2D eigenvalue weighted by Gasteiger charge is 2.28. The molecule has 1 N–H and O–H groups in total. The highest BCUT2D eigenvalue weighted by molar-refractivity contribution is 5.97. The van der Waals surface area contributed by atoms with Crippen molar-refractivity contribution in [2.24, 2.45) is 5.92 Å². The summed E-state index contributed by atoms with van der Waals surface area (Å²) in [7, 11) is 1.46. The molecule has 0 spiro atoms. The lowest BCUT2D eigenvalue weighted by atomic mass is 9.97. The molecule has 1 fully saturated rings. The molecule has 9 nitrogen and oxygen atoms in total. The fourth-order valence-corrected chi connectivity index (χ4v) is 3.29. The third-order valence-electron chi connectivity index (χ3n) is 5.01. The minimum absolute atomic E-state index is 0.0578.